The van der Waals surface area contributed by atoms with Gasteiger partial charge in [-0.05, 0) is 58.7 Å². The second kappa shape index (κ2) is 8.39. The normalized spacial score (nSPS) is 15.4. The molecule has 5 rings (SSSR count). The Bertz CT molecular complexity index is 1220. The average molecular weight is 425 g/mol. The van der Waals surface area contributed by atoms with Gasteiger partial charge in [-0.2, -0.15) is 5.26 Å². The summed E-state index contributed by atoms with van der Waals surface area (Å²) in [7, 11) is 0. The number of benzene rings is 2. The molecule has 3 aromatic rings. The summed E-state index contributed by atoms with van der Waals surface area (Å²) < 4.78 is 0. The zero-order valence-electron chi connectivity index (χ0n) is 17.0. The molecule has 2 aromatic carbocycles. The first-order valence-electron chi connectivity index (χ1n) is 10.3. The number of nitriles is 1. The van der Waals surface area contributed by atoms with Gasteiger partial charge in [0.05, 0.1) is 11.6 Å². The van der Waals surface area contributed by atoms with E-state index >= 15 is 0 Å². The van der Waals surface area contributed by atoms with Crippen LogP contribution in [0.4, 0.5) is 5.82 Å². The smallest absolute Gasteiger partial charge is 0.140 e. The molecule has 0 radical (unpaired) electrons. The Morgan fingerprint density at radius 1 is 1.00 bits per heavy atom. The van der Waals surface area contributed by atoms with Crippen molar-refractivity contribution in [2.45, 2.75) is 13.1 Å². The molecule has 0 atom stereocenters. The molecular weight excluding hydrogens is 404 g/mol. The Morgan fingerprint density at radius 3 is 2.71 bits per heavy atom. The van der Waals surface area contributed by atoms with Crippen molar-refractivity contribution in [1.29, 1.82) is 5.26 Å². The number of anilines is 1. The molecule has 0 aliphatic carbocycles. The van der Waals surface area contributed by atoms with Crippen molar-refractivity contribution in [2.75, 3.05) is 18.0 Å². The molecule has 1 aromatic heterocycles. The first kappa shape index (κ1) is 19.6. The molecule has 31 heavy (non-hydrogen) atoms. The molecule has 2 aliphatic heterocycles. The van der Waals surface area contributed by atoms with Gasteiger partial charge >= 0.3 is 0 Å². The molecule has 5 heteroatoms. The SMILES string of the molecule is N#Cc1cccc(CN2CC=C3C(=CN(Cc4ccc(Cl)cc4)c4ncccc43)C2)c1. The van der Waals surface area contributed by atoms with E-state index < -0.39 is 0 Å². The fraction of sp³-hybridized carbons (Fsp3) is 0.154. The summed E-state index contributed by atoms with van der Waals surface area (Å²) in [5.41, 5.74) is 6.80. The summed E-state index contributed by atoms with van der Waals surface area (Å²) in [6.45, 7) is 3.28. The maximum Gasteiger partial charge on any atom is 0.140 e. The first-order valence-corrected chi connectivity index (χ1v) is 10.7. The molecule has 0 fully saturated rings. The van der Waals surface area contributed by atoms with E-state index in [1.54, 1.807) is 0 Å². The number of halogens is 1. The summed E-state index contributed by atoms with van der Waals surface area (Å²) in [6.07, 6.45) is 6.38. The summed E-state index contributed by atoms with van der Waals surface area (Å²) in [6, 6.07) is 22.2. The fourth-order valence-electron chi connectivity index (χ4n) is 4.25. The molecular formula is C26H21ClN4. The quantitative estimate of drug-likeness (QED) is 0.561. The van der Waals surface area contributed by atoms with Gasteiger partial charge < -0.3 is 4.90 Å². The summed E-state index contributed by atoms with van der Waals surface area (Å²) >= 11 is 6.06. The summed E-state index contributed by atoms with van der Waals surface area (Å²) in [4.78, 5) is 9.31. The monoisotopic (exact) mass is 424 g/mol. The van der Waals surface area contributed by atoms with E-state index in [1.165, 1.54) is 22.3 Å². The highest BCUT2D eigenvalue weighted by molar-refractivity contribution is 6.30. The minimum atomic E-state index is 0.705. The maximum atomic E-state index is 9.18. The van der Waals surface area contributed by atoms with Crippen LogP contribution in [-0.4, -0.2) is 23.0 Å². The molecule has 152 valence electrons. The van der Waals surface area contributed by atoms with Gasteiger partial charge in [-0.15, -0.1) is 0 Å². The number of fused-ring (bicyclic) bond motifs is 3. The molecule has 0 saturated carbocycles. The van der Waals surface area contributed by atoms with Crippen molar-refractivity contribution < 1.29 is 0 Å². The van der Waals surface area contributed by atoms with Gasteiger partial charge in [0.15, 0.2) is 0 Å². The van der Waals surface area contributed by atoms with E-state index in [9.17, 15) is 5.26 Å². The van der Waals surface area contributed by atoms with Crippen LogP contribution >= 0.6 is 11.6 Å². The number of pyridine rings is 1. The minimum Gasteiger partial charge on any atom is -0.328 e. The molecule has 0 spiro atoms. The lowest BCUT2D eigenvalue weighted by atomic mass is 9.92. The molecule has 0 N–H and O–H groups in total. The number of hydrogen-bond donors (Lipinski definition) is 0. The number of aromatic nitrogens is 1. The van der Waals surface area contributed by atoms with Crippen LogP contribution in [0.15, 0.2) is 84.7 Å². The molecule has 0 saturated heterocycles. The number of nitrogens with zero attached hydrogens (tertiary/aromatic N) is 4. The molecule has 0 bridgehead atoms. The van der Waals surface area contributed by atoms with Gasteiger partial charge in [0.25, 0.3) is 0 Å². The topological polar surface area (TPSA) is 43.2 Å². The highest BCUT2D eigenvalue weighted by atomic mass is 35.5. The van der Waals surface area contributed by atoms with Crippen LogP contribution in [0.1, 0.15) is 22.3 Å². The number of rotatable bonds is 4. The first-order chi connectivity index (χ1) is 15.2. The molecule has 4 nitrogen and oxygen atoms in total. The zero-order chi connectivity index (χ0) is 21.2. The highest BCUT2D eigenvalue weighted by Crippen LogP contribution is 2.38. The lowest BCUT2D eigenvalue weighted by Gasteiger charge is -2.35. The van der Waals surface area contributed by atoms with E-state index in [0.29, 0.717) is 5.56 Å². The van der Waals surface area contributed by atoms with Crippen molar-refractivity contribution >= 4 is 23.0 Å². The summed E-state index contributed by atoms with van der Waals surface area (Å²) in [5, 5.41) is 9.92. The second-order valence-electron chi connectivity index (χ2n) is 7.88. The highest BCUT2D eigenvalue weighted by Gasteiger charge is 2.27. The Balaban J connectivity index is 1.43. The third kappa shape index (κ3) is 4.11. The second-order valence-corrected chi connectivity index (χ2v) is 8.32. The average Bonchev–Trinajstić information content (AvgIpc) is 2.80. The van der Waals surface area contributed by atoms with Gasteiger partial charge in [-0.3, -0.25) is 4.90 Å². The Kier molecular flexibility index (Phi) is 5.30. The van der Waals surface area contributed by atoms with Crippen LogP contribution < -0.4 is 4.90 Å². The third-order valence-corrected chi connectivity index (χ3v) is 5.93. The van der Waals surface area contributed by atoms with Crippen LogP contribution in [0, 0.1) is 11.3 Å². The van der Waals surface area contributed by atoms with Crippen LogP contribution in [0.2, 0.25) is 5.02 Å². The third-order valence-electron chi connectivity index (χ3n) is 5.68. The standard InChI is InChI=1S/C26H21ClN4/c27-23-8-6-19(7-9-23)16-31-18-22-17-30(15-21-4-1-3-20(13-21)14-28)12-10-24(22)25-5-2-11-29-26(25)31/h1-11,13,18H,12,15-17H2. The van der Waals surface area contributed by atoms with Gasteiger partial charge in [0.2, 0.25) is 0 Å². The van der Waals surface area contributed by atoms with E-state index in [0.717, 1.165) is 42.6 Å². The van der Waals surface area contributed by atoms with E-state index in [4.69, 9.17) is 11.6 Å². The van der Waals surface area contributed by atoms with Crippen molar-refractivity contribution in [3.8, 4) is 6.07 Å². The van der Waals surface area contributed by atoms with Crippen LogP contribution in [0.3, 0.4) is 0 Å². The van der Waals surface area contributed by atoms with Gasteiger partial charge in [-0.1, -0.05) is 41.9 Å². The predicted molar refractivity (Wildman–Crippen MR) is 124 cm³/mol. The van der Waals surface area contributed by atoms with Gasteiger partial charge in [0, 0.05) is 49.2 Å². The zero-order valence-corrected chi connectivity index (χ0v) is 17.8. The van der Waals surface area contributed by atoms with Crippen molar-refractivity contribution in [3.05, 3.63) is 112 Å². The lowest BCUT2D eigenvalue weighted by Crippen LogP contribution is -2.33. The van der Waals surface area contributed by atoms with Crippen LogP contribution in [0.25, 0.3) is 5.57 Å². The summed E-state index contributed by atoms with van der Waals surface area (Å²) in [5.74, 6) is 0.989. The number of hydrogen-bond acceptors (Lipinski definition) is 4. The molecule has 0 amide bonds. The Morgan fingerprint density at radius 2 is 1.87 bits per heavy atom. The van der Waals surface area contributed by atoms with Crippen LogP contribution in [0.5, 0.6) is 0 Å². The van der Waals surface area contributed by atoms with E-state index in [2.05, 4.69) is 57.4 Å². The Labute approximate surface area is 187 Å². The van der Waals surface area contributed by atoms with Crippen LogP contribution in [-0.2, 0) is 13.1 Å². The van der Waals surface area contributed by atoms with Crippen molar-refractivity contribution in [1.82, 2.24) is 9.88 Å². The largest absolute Gasteiger partial charge is 0.328 e. The molecule has 0 unspecified atom stereocenters. The Hall–Kier alpha value is -3.39. The fourth-order valence-corrected chi connectivity index (χ4v) is 4.37. The van der Waals surface area contributed by atoms with Gasteiger partial charge in [-0.25, -0.2) is 4.98 Å². The van der Waals surface area contributed by atoms with E-state index in [-0.39, 0.29) is 0 Å². The lowest BCUT2D eigenvalue weighted by molar-refractivity contribution is 0.317. The predicted octanol–water partition coefficient (Wildman–Crippen LogP) is 5.41. The molecule has 2 aliphatic rings. The van der Waals surface area contributed by atoms with E-state index in [1.807, 2.05) is 42.6 Å². The molecule has 3 heterocycles. The maximum absolute atomic E-state index is 9.18. The van der Waals surface area contributed by atoms with Gasteiger partial charge in [0.1, 0.15) is 5.82 Å². The van der Waals surface area contributed by atoms with Crippen molar-refractivity contribution in [2.24, 2.45) is 0 Å². The minimum absolute atomic E-state index is 0.705. The van der Waals surface area contributed by atoms with Crippen molar-refractivity contribution in [3.63, 3.8) is 0 Å².